The van der Waals surface area contributed by atoms with E-state index in [1.807, 2.05) is 13.8 Å². The van der Waals surface area contributed by atoms with Gasteiger partial charge in [-0.05, 0) is 32.1 Å². The van der Waals surface area contributed by atoms with Gasteiger partial charge in [0.2, 0.25) is 17.7 Å². The molecule has 0 aromatic rings. The van der Waals surface area contributed by atoms with Crippen molar-refractivity contribution in [2.24, 2.45) is 0 Å². The normalized spacial score (nSPS) is 12.4. The maximum atomic E-state index is 12.4. The SMILES string of the molecule is CCCO[C@@H](CC)CC(=O)NC(CCCCNC(=O)CCNC(=O)NCCS)C(=O)NCCO. The Kier molecular flexibility index (Phi) is 20.2. The van der Waals surface area contributed by atoms with E-state index in [-0.39, 0.29) is 62.4 Å². The molecule has 11 nitrogen and oxygen atoms in total. The van der Waals surface area contributed by atoms with Crippen LogP contribution in [0.25, 0.3) is 0 Å². The van der Waals surface area contributed by atoms with Gasteiger partial charge in [-0.15, -0.1) is 0 Å². The van der Waals surface area contributed by atoms with Crippen LogP contribution in [0.15, 0.2) is 0 Å². The number of thiol groups is 1. The fourth-order valence-electron chi connectivity index (χ4n) is 2.95. The van der Waals surface area contributed by atoms with Gasteiger partial charge in [0, 0.05) is 45.0 Å². The summed E-state index contributed by atoms with van der Waals surface area (Å²) in [7, 11) is 0. The summed E-state index contributed by atoms with van der Waals surface area (Å²) in [6, 6.07) is -1.06. The summed E-state index contributed by atoms with van der Waals surface area (Å²) in [4.78, 5) is 48.1. The Morgan fingerprint density at radius 2 is 1.65 bits per heavy atom. The smallest absolute Gasteiger partial charge is 0.314 e. The highest BCUT2D eigenvalue weighted by molar-refractivity contribution is 7.80. The summed E-state index contributed by atoms with van der Waals surface area (Å²) in [5, 5.41) is 22.3. The summed E-state index contributed by atoms with van der Waals surface area (Å²) in [5.74, 6) is -0.256. The molecule has 0 aliphatic heterocycles. The van der Waals surface area contributed by atoms with Crippen molar-refractivity contribution in [1.29, 1.82) is 0 Å². The lowest BCUT2D eigenvalue weighted by molar-refractivity contribution is -0.130. The predicted molar refractivity (Wildman–Crippen MR) is 134 cm³/mol. The summed E-state index contributed by atoms with van der Waals surface area (Å²) in [5.41, 5.74) is 0. The molecule has 5 amide bonds. The number of aliphatic hydroxyl groups excluding tert-OH is 1. The minimum absolute atomic E-state index is 0.110. The Labute approximate surface area is 208 Å². The molecular formula is C22H43N5O6S. The van der Waals surface area contributed by atoms with E-state index in [0.29, 0.717) is 51.1 Å². The second-order valence-electron chi connectivity index (χ2n) is 7.74. The molecule has 0 saturated carbocycles. The topological polar surface area (TPSA) is 158 Å². The highest BCUT2D eigenvalue weighted by Crippen LogP contribution is 2.07. The van der Waals surface area contributed by atoms with Gasteiger partial charge in [-0.2, -0.15) is 12.6 Å². The van der Waals surface area contributed by atoms with Crippen molar-refractivity contribution in [2.75, 3.05) is 45.1 Å². The number of hydrogen-bond acceptors (Lipinski definition) is 7. The Morgan fingerprint density at radius 3 is 2.29 bits per heavy atom. The van der Waals surface area contributed by atoms with E-state index >= 15 is 0 Å². The first-order chi connectivity index (χ1) is 16.4. The van der Waals surface area contributed by atoms with E-state index in [1.54, 1.807) is 0 Å². The van der Waals surface area contributed by atoms with Crippen LogP contribution in [0.4, 0.5) is 4.79 Å². The Balaban J connectivity index is 4.35. The van der Waals surface area contributed by atoms with Crippen molar-refractivity contribution < 1.29 is 29.0 Å². The lowest BCUT2D eigenvalue weighted by Gasteiger charge is -2.20. The summed E-state index contributed by atoms with van der Waals surface area (Å²) in [6.07, 6.45) is 3.34. The summed E-state index contributed by atoms with van der Waals surface area (Å²) >= 11 is 3.99. The third-order valence-electron chi connectivity index (χ3n) is 4.77. The molecule has 0 rings (SSSR count). The molecule has 0 bridgehead atoms. The van der Waals surface area contributed by atoms with E-state index in [2.05, 4.69) is 39.2 Å². The molecule has 1 unspecified atom stereocenters. The van der Waals surface area contributed by atoms with Gasteiger partial charge in [-0.25, -0.2) is 4.79 Å². The number of hydrogen-bond donors (Lipinski definition) is 7. The van der Waals surface area contributed by atoms with E-state index in [4.69, 9.17) is 9.84 Å². The minimum atomic E-state index is -0.724. The number of urea groups is 1. The molecule has 0 heterocycles. The van der Waals surface area contributed by atoms with Gasteiger partial charge in [0.15, 0.2) is 0 Å². The average Bonchev–Trinajstić information content (AvgIpc) is 2.82. The lowest BCUT2D eigenvalue weighted by Crippen LogP contribution is -2.48. The summed E-state index contributed by atoms with van der Waals surface area (Å²) < 4.78 is 5.65. The minimum Gasteiger partial charge on any atom is -0.395 e. The van der Waals surface area contributed by atoms with Crippen LogP contribution in [0, 0.1) is 0 Å². The van der Waals surface area contributed by atoms with Crippen LogP contribution in [0.3, 0.4) is 0 Å². The predicted octanol–water partition coefficient (Wildman–Crippen LogP) is 0.0806. The molecule has 34 heavy (non-hydrogen) atoms. The van der Waals surface area contributed by atoms with Gasteiger partial charge in [0.25, 0.3) is 0 Å². The number of aliphatic hydroxyl groups is 1. The molecular weight excluding hydrogens is 462 g/mol. The first-order valence-corrected chi connectivity index (χ1v) is 12.7. The van der Waals surface area contributed by atoms with Gasteiger partial charge >= 0.3 is 6.03 Å². The zero-order valence-corrected chi connectivity index (χ0v) is 21.4. The van der Waals surface area contributed by atoms with Crippen LogP contribution in [0.2, 0.25) is 0 Å². The van der Waals surface area contributed by atoms with Crippen molar-refractivity contribution in [2.45, 2.75) is 70.9 Å². The van der Waals surface area contributed by atoms with E-state index < -0.39 is 6.04 Å². The quantitative estimate of drug-likeness (QED) is 0.0917. The molecule has 0 radical (unpaired) electrons. The Morgan fingerprint density at radius 1 is 0.912 bits per heavy atom. The van der Waals surface area contributed by atoms with Crippen LogP contribution >= 0.6 is 12.6 Å². The number of nitrogens with one attached hydrogen (secondary N) is 5. The maximum Gasteiger partial charge on any atom is 0.314 e. The molecule has 0 aromatic carbocycles. The maximum absolute atomic E-state index is 12.4. The largest absolute Gasteiger partial charge is 0.395 e. The number of amides is 5. The third kappa shape index (κ3) is 17.4. The third-order valence-corrected chi connectivity index (χ3v) is 4.99. The molecule has 12 heteroatoms. The molecule has 198 valence electrons. The van der Waals surface area contributed by atoms with Crippen LogP contribution < -0.4 is 26.6 Å². The first-order valence-electron chi connectivity index (χ1n) is 12.1. The van der Waals surface area contributed by atoms with Gasteiger partial charge in [0.1, 0.15) is 6.04 Å². The fraction of sp³-hybridized carbons (Fsp3) is 0.818. The fourth-order valence-corrected chi connectivity index (χ4v) is 3.06. The molecule has 0 aliphatic carbocycles. The molecule has 0 aromatic heterocycles. The second kappa shape index (κ2) is 21.5. The molecule has 6 N–H and O–H groups in total. The molecule has 0 saturated heterocycles. The van der Waals surface area contributed by atoms with E-state index in [9.17, 15) is 19.2 Å². The monoisotopic (exact) mass is 505 g/mol. The van der Waals surface area contributed by atoms with E-state index in [0.717, 1.165) is 6.42 Å². The number of unbranched alkanes of at least 4 members (excludes halogenated alkanes) is 1. The second-order valence-corrected chi connectivity index (χ2v) is 8.19. The van der Waals surface area contributed by atoms with Crippen molar-refractivity contribution >= 4 is 36.4 Å². The number of carbonyl (C=O) groups is 4. The zero-order valence-electron chi connectivity index (χ0n) is 20.5. The van der Waals surface area contributed by atoms with Gasteiger partial charge in [0.05, 0.1) is 19.1 Å². The van der Waals surface area contributed by atoms with Crippen LogP contribution in [-0.4, -0.2) is 86.2 Å². The van der Waals surface area contributed by atoms with Gasteiger partial charge in [-0.3, -0.25) is 14.4 Å². The number of ether oxygens (including phenoxy) is 1. The number of rotatable bonds is 20. The number of carbonyl (C=O) groups excluding carboxylic acids is 4. The van der Waals surface area contributed by atoms with Gasteiger partial charge < -0.3 is 36.4 Å². The van der Waals surface area contributed by atoms with Crippen LogP contribution in [0.5, 0.6) is 0 Å². The Hall–Kier alpha value is -2.05. The van der Waals surface area contributed by atoms with Gasteiger partial charge in [-0.1, -0.05) is 13.8 Å². The molecule has 0 aliphatic rings. The van der Waals surface area contributed by atoms with Crippen LogP contribution in [-0.2, 0) is 19.1 Å². The molecule has 0 fully saturated rings. The molecule has 0 spiro atoms. The summed E-state index contributed by atoms with van der Waals surface area (Å²) in [6.45, 7) is 5.55. The van der Waals surface area contributed by atoms with Crippen LogP contribution in [0.1, 0.15) is 58.8 Å². The van der Waals surface area contributed by atoms with Crippen molar-refractivity contribution in [3.63, 3.8) is 0 Å². The molecule has 2 atom stereocenters. The van der Waals surface area contributed by atoms with Crippen molar-refractivity contribution in [3.05, 3.63) is 0 Å². The highest BCUT2D eigenvalue weighted by Gasteiger charge is 2.22. The highest BCUT2D eigenvalue weighted by atomic mass is 32.1. The zero-order chi connectivity index (χ0) is 25.6. The van der Waals surface area contributed by atoms with Crippen molar-refractivity contribution in [3.8, 4) is 0 Å². The standard InChI is InChI=1S/C22H43N5O6S/c1-3-14-33-17(4-2)16-20(30)27-18(21(31)24-11-13-28)7-5-6-9-23-19(29)8-10-25-22(32)26-12-15-34/h17-18,28,34H,3-16H2,1-2H3,(H,23,29)(H,24,31)(H,27,30)(H2,25,26,32)/t17-,18?/m0/s1. The van der Waals surface area contributed by atoms with E-state index in [1.165, 1.54) is 0 Å². The average molecular weight is 506 g/mol. The lowest BCUT2D eigenvalue weighted by atomic mass is 10.1. The first kappa shape index (κ1) is 31.9. The van der Waals surface area contributed by atoms with Crippen molar-refractivity contribution in [1.82, 2.24) is 26.6 Å². The Bertz CT molecular complexity index is 596.